The number of nitrogens with one attached hydrogen (secondary N) is 1. The summed E-state index contributed by atoms with van der Waals surface area (Å²) >= 11 is 0. The van der Waals surface area contributed by atoms with Crippen LogP contribution < -0.4 is 5.32 Å². The first kappa shape index (κ1) is 15.0. The van der Waals surface area contributed by atoms with Crippen molar-refractivity contribution in [3.05, 3.63) is 17.5 Å². The van der Waals surface area contributed by atoms with Crippen LogP contribution in [0.25, 0.3) is 0 Å². The molecular weight excluding hydrogens is 254 g/mol. The molecule has 1 aromatic rings. The van der Waals surface area contributed by atoms with Crippen LogP contribution in [0.1, 0.15) is 63.1 Å². The molecule has 5 nitrogen and oxygen atoms in total. The van der Waals surface area contributed by atoms with Gasteiger partial charge in [0.15, 0.2) is 0 Å². The third kappa shape index (κ3) is 2.46. The quantitative estimate of drug-likeness (QED) is 0.885. The molecule has 20 heavy (non-hydrogen) atoms. The van der Waals surface area contributed by atoms with Crippen molar-refractivity contribution < 1.29 is 9.90 Å². The maximum absolute atomic E-state index is 12.4. The number of hydrogen-bond donors (Lipinski definition) is 2. The van der Waals surface area contributed by atoms with Crippen LogP contribution in [0.5, 0.6) is 0 Å². The molecule has 0 radical (unpaired) electrons. The smallest absolute Gasteiger partial charge is 0.269 e. The molecule has 1 amide bonds. The molecule has 2 N–H and O–H groups in total. The van der Waals surface area contributed by atoms with Gasteiger partial charge < -0.3 is 10.4 Å². The summed E-state index contributed by atoms with van der Waals surface area (Å²) in [6, 6.07) is 1.89. The lowest BCUT2D eigenvalue weighted by Gasteiger charge is -2.49. The minimum absolute atomic E-state index is 0.0210. The van der Waals surface area contributed by atoms with Crippen LogP contribution in [0.4, 0.5) is 0 Å². The number of amides is 1. The highest BCUT2D eigenvalue weighted by Crippen LogP contribution is 2.40. The van der Waals surface area contributed by atoms with Crippen LogP contribution in [0.3, 0.4) is 0 Å². The molecule has 1 aliphatic rings. The Labute approximate surface area is 120 Å². The highest BCUT2D eigenvalue weighted by atomic mass is 16.3. The lowest BCUT2D eigenvalue weighted by molar-refractivity contribution is -0.0690. The molecule has 1 aromatic heterocycles. The van der Waals surface area contributed by atoms with Crippen molar-refractivity contribution >= 4 is 5.91 Å². The Morgan fingerprint density at radius 1 is 1.60 bits per heavy atom. The third-order valence-electron chi connectivity index (χ3n) is 4.44. The summed E-state index contributed by atoms with van der Waals surface area (Å²) in [6.07, 6.45) is 0.283. The Hall–Kier alpha value is -1.36. The number of aryl methyl sites for hydroxylation is 1. The number of aliphatic hydroxyl groups is 1. The third-order valence-corrected chi connectivity index (χ3v) is 4.44. The lowest BCUT2D eigenvalue weighted by atomic mass is 9.64. The van der Waals surface area contributed by atoms with E-state index in [9.17, 15) is 9.90 Å². The number of hydrogen-bond acceptors (Lipinski definition) is 3. The predicted molar refractivity (Wildman–Crippen MR) is 77.6 cm³/mol. The van der Waals surface area contributed by atoms with Crippen LogP contribution in [-0.2, 0) is 6.54 Å². The zero-order chi connectivity index (χ0) is 15.1. The molecule has 1 saturated carbocycles. The molecule has 112 valence electrons. The van der Waals surface area contributed by atoms with Gasteiger partial charge in [-0.3, -0.25) is 9.48 Å². The Kier molecular flexibility index (Phi) is 3.91. The van der Waals surface area contributed by atoms with Crippen molar-refractivity contribution in [2.75, 3.05) is 0 Å². The van der Waals surface area contributed by atoms with Gasteiger partial charge in [0.25, 0.3) is 5.91 Å². The van der Waals surface area contributed by atoms with E-state index in [2.05, 4.69) is 24.3 Å². The maximum atomic E-state index is 12.4. The van der Waals surface area contributed by atoms with Gasteiger partial charge in [-0.1, -0.05) is 27.7 Å². The van der Waals surface area contributed by atoms with Crippen LogP contribution in [0, 0.1) is 5.41 Å². The van der Waals surface area contributed by atoms with Gasteiger partial charge in [-0.05, 0) is 25.3 Å². The van der Waals surface area contributed by atoms with E-state index in [1.165, 1.54) is 0 Å². The monoisotopic (exact) mass is 279 g/mol. The highest BCUT2D eigenvalue weighted by molar-refractivity contribution is 5.93. The summed E-state index contributed by atoms with van der Waals surface area (Å²) in [5.74, 6) is 0.201. The first-order chi connectivity index (χ1) is 9.27. The highest BCUT2D eigenvalue weighted by Gasteiger charge is 2.48. The summed E-state index contributed by atoms with van der Waals surface area (Å²) in [7, 11) is 0. The van der Waals surface area contributed by atoms with E-state index in [-0.39, 0.29) is 23.5 Å². The predicted octanol–water partition coefficient (Wildman–Crippen LogP) is 1.92. The second kappa shape index (κ2) is 5.20. The van der Waals surface area contributed by atoms with E-state index in [0.29, 0.717) is 24.6 Å². The van der Waals surface area contributed by atoms with Gasteiger partial charge in [-0.15, -0.1) is 0 Å². The first-order valence-corrected chi connectivity index (χ1v) is 7.34. The van der Waals surface area contributed by atoms with Crippen molar-refractivity contribution in [3.63, 3.8) is 0 Å². The minimum atomic E-state index is -0.338. The van der Waals surface area contributed by atoms with E-state index in [0.717, 1.165) is 5.69 Å². The molecule has 0 spiro atoms. The number of carbonyl (C=O) groups is 1. The topological polar surface area (TPSA) is 67.2 Å². The van der Waals surface area contributed by atoms with Crippen LogP contribution in [0.15, 0.2) is 6.07 Å². The fourth-order valence-corrected chi connectivity index (χ4v) is 2.52. The number of rotatable bonds is 4. The molecule has 0 bridgehead atoms. The van der Waals surface area contributed by atoms with E-state index >= 15 is 0 Å². The molecule has 0 saturated heterocycles. The van der Waals surface area contributed by atoms with E-state index in [1.807, 2.05) is 26.8 Å². The Morgan fingerprint density at radius 2 is 2.25 bits per heavy atom. The zero-order valence-corrected chi connectivity index (χ0v) is 13.0. The van der Waals surface area contributed by atoms with Gasteiger partial charge >= 0.3 is 0 Å². The average Bonchev–Trinajstić information content (AvgIpc) is 2.82. The summed E-state index contributed by atoms with van der Waals surface area (Å²) in [6.45, 7) is 10.7. The van der Waals surface area contributed by atoms with Crippen molar-refractivity contribution in [2.45, 2.75) is 65.6 Å². The van der Waals surface area contributed by atoms with E-state index in [4.69, 9.17) is 0 Å². The van der Waals surface area contributed by atoms with Crippen molar-refractivity contribution in [3.8, 4) is 0 Å². The molecule has 2 rings (SSSR count). The van der Waals surface area contributed by atoms with Gasteiger partial charge in [0.05, 0.1) is 11.8 Å². The van der Waals surface area contributed by atoms with Crippen molar-refractivity contribution in [2.24, 2.45) is 5.41 Å². The van der Waals surface area contributed by atoms with Crippen LogP contribution in [-0.4, -0.2) is 32.9 Å². The van der Waals surface area contributed by atoms with Gasteiger partial charge in [0, 0.05) is 18.0 Å². The molecular formula is C15H25N3O2. The van der Waals surface area contributed by atoms with Gasteiger partial charge in [-0.25, -0.2) is 0 Å². The molecule has 0 aromatic carbocycles. The number of nitrogens with zero attached hydrogens (tertiary/aromatic N) is 2. The molecule has 2 unspecified atom stereocenters. The van der Waals surface area contributed by atoms with Crippen molar-refractivity contribution in [1.82, 2.24) is 15.1 Å². The number of aromatic nitrogens is 2. The van der Waals surface area contributed by atoms with Gasteiger partial charge in [0.2, 0.25) is 0 Å². The van der Waals surface area contributed by atoms with Crippen molar-refractivity contribution in [1.29, 1.82) is 0 Å². The lowest BCUT2D eigenvalue weighted by Crippen LogP contribution is -2.61. The molecule has 5 heteroatoms. The fraction of sp³-hybridized carbons (Fsp3) is 0.733. The SMILES string of the molecule is CCn1nc(C(C)C)cc1C(=O)NC1CC(O)C1(C)C. The minimum Gasteiger partial charge on any atom is -0.392 e. The fourth-order valence-electron chi connectivity index (χ4n) is 2.52. The van der Waals surface area contributed by atoms with Crippen LogP contribution >= 0.6 is 0 Å². The number of carbonyl (C=O) groups excluding carboxylic acids is 1. The normalized spacial score (nSPS) is 24.6. The largest absolute Gasteiger partial charge is 0.392 e. The second-order valence-corrected chi connectivity index (χ2v) is 6.52. The molecule has 1 aliphatic carbocycles. The maximum Gasteiger partial charge on any atom is 0.269 e. The summed E-state index contributed by atoms with van der Waals surface area (Å²) in [4.78, 5) is 12.4. The Balaban J connectivity index is 2.14. The summed E-state index contributed by atoms with van der Waals surface area (Å²) in [5.41, 5.74) is 1.28. The molecule has 2 atom stereocenters. The van der Waals surface area contributed by atoms with Gasteiger partial charge in [0.1, 0.15) is 5.69 Å². The summed E-state index contributed by atoms with van der Waals surface area (Å²) < 4.78 is 1.74. The molecule has 1 heterocycles. The van der Waals surface area contributed by atoms with E-state index in [1.54, 1.807) is 4.68 Å². The standard InChI is InChI=1S/C15H25N3O2/c1-6-18-11(7-10(17-18)9(2)3)14(20)16-12-8-13(19)15(12,4)5/h7,9,12-13,19H,6,8H2,1-5H3,(H,16,20). The summed E-state index contributed by atoms with van der Waals surface area (Å²) in [5, 5.41) is 17.2. The second-order valence-electron chi connectivity index (χ2n) is 6.52. The average molecular weight is 279 g/mol. The van der Waals surface area contributed by atoms with E-state index < -0.39 is 0 Å². The Bertz CT molecular complexity index is 505. The number of aliphatic hydroxyl groups excluding tert-OH is 1. The zero-order valence-electron chi connectivity index (χ0n) is 13.0. The molecule has 1 fully saturated rings. The first-order valence-electron chi connectivity index (χ1n) is 7.34. The Morgan fingerprint density at radius 3 is 2.70 bits per heavy atom. The van der Waals surface area contributed by atoms with Gasteiger partial charge in [-0.2, -0.15) is 5.10 Å². The van der Waals surface area contributed by atoms with Crippen LogP contribution in [0.2, 0.25) is 0 Å². The molecule has 0 aliphatic heterocycles.